The fourth-order valence-corrected chi connectivity index (χ4v) is 1.27. The Morgan fingerprint density at radius 3 is 3.00 bits per heavy atom. The maximum absolute atomic E-state index is 11.0. The standard InChI is InChI=1S/C12H11BrO2/c1-15-12(14)9-11-5-2-4-10(8-11)6-3-7-13/h2,4-5,8H,7,9H2,1H3. The molecule has 0 saturated heterocycles. The quantitative estimate of drug-likeness (QED) is 0.466. The molecule has 0 fully saturated rings. The number of methoxy groups -OCH3 is 1. The minimum atomic E-state index is -0.236. The third-order valence-electron chi connectivity index (χ3n) is 1.80. The Morgan fingerprint density at radius 2 is 2.33 bits per heavy atom. The Morgan fingerprint density at radius 1 is 1.53 bits per heavy atom. The number of rotatable bonds is 2. The summed E-state index contributed by atoms with van der Waals surface area (Å²) in [5, 5.41) is 0.647. The number of hydrogen-bond donors (Lipinski definition) is 0. The maximum Gasteiger partial charge on any atom is 0.309 e. The zero-order valence-electron chi connectivity index (χ0n) is 8.42. The van der Waals surface area contributed by atoms with E-state index in [0.29, 0.717) is 11.8 Å². The van der Waals surface area contributed by atoms with Gasteiger partial charge in [0.1, 0.15) is 0 Å². The van der Waals surface area contributed by atoms with E-state index in [1.54, 1.807) is 0 Å². The summed E-state index contributed by atoms with van der Waals surface area (Å²) >= 11 is 3.23. The van der Waals surface area contributed by atoms with Gasteiger partial charge in [-0.05, 0) is 17.7 Å². The molecule has 0 aromatic heterocycles. The second kappa shape index (κ2) is 6.26. The molecule has 0 unspecified atom stereocenters. The molecule has 0 aliphatic carbocycles. The Balaban J connectivity index is 2.78. The van der Waals surface area contributed by atoms with E-state index < -0.39 is 0 Å². The molecule has 0 heterocycles. The highest BCUT2D eigenvalue weighted by Gasteiger charge is 2.02. The first kappa shape index (κ1) is 11.8. The lowest BCUT2D eigenvalue weighted by Crippen LogP contribution is -2.04. The lowest BCUT2D eigenvalue weighted by Gasteiger charge is -2.00. The van der Waals surface area contributed by atoms with Gasteiger partial charge in [0, 0.05) is 5.56 Å². The van der Waals surface area contributed by atoms with E-state index in [1.165, 1.54) is 7.11 Å². The highest BCUT2D eigenvalue weighted by Crippen LogP contribution is 2.05. The van der Waals surface area contributed by atoms with Crippen LogP contribution in [0.2, 0.25) is 0 Å². The van der Waals surface area contributed by atoms with Crippen LogP contribution in [0.4, 0.5) is 0 Å². The molecule has 0 bridgehead atoms. The Bertz CT molecular complexity index is 402. The normalized spacial score (nSPS) is 8.93. The molecule has 0 spiro atoms. The van der Waals surface area contributed by atoms with Gasteiger partial charge in [-0.25, -0.2) is 0 Å². The molecule has 0 saturated carbocycles. The first-order valence-electron chi connectivity index (χ1n) is 4.47. The molecular formula is C12H11BrO2. The molecule has 78 valence electrons. The molecular weight excluding hydrogens is 256 g/mol. The maximum atomic E-state index is 11.0. The van der Waals surface area contributed by atoms with Crippen molar-refractivity contribution < 1.29 is 9.53 Å². The van der Waals surface area contributed by atoms with Crippen LogP contribution in [-0.2, 0) is 16.0 Å². The average molecular weight is 267 g/mol. The van der Waals surface area contributed by atoms with Gasteiger partial charge in [0.25, 0.3) is 0 Å². The SMILES string of the molecule is COC(=O)Cc1cccc(C#CCBr)c1. The Labute approximate surface area is 97.8 Å². The number of ether oxygens (including phenoxy) is 1. The van der Waals surface area contributed by atoms with Gasteiger partial charge >= 0.3 is 5.97 Å². The lowest BCUT2D eigenvalue weighted by molar-refractivity contribution is -0.139. The zero-order valence-corrected chi connectivity index (χ0v) is 10.0. The highest BCUT2D eigenvalue weighted by atomic mass is 79.9. The van der Waals surface area contributed by atoms with Crippen LogP contribution in [0.15, 0.2) is 24.3 Å². The number of benzene rings is 1. The summed E-state index contributed by atoms with van der Waals surface area (Å²) in [6, 6.07) is 7.58. The van der Waals surface area contributed by atoms with Gasteiger partial charge < -0.3 is 4.74 Å². The van der Waals surface area contributed by atoms with E-state index in [-0.39, 0.29) is 5.97 Å². The van der Waals surface area contributed by atoms with Crippen molar-refractivity contribution in [3.63, 3.8) is 0 Å². The molecule has 0 atom stereocenters. The van der Waals surface area contributed by atoms with Crippen molar-refractivity contribution in [3.8, 4) is 11.8 Å². The second-order valence-corrected chi connectivity index (χ2v) is 3.45. The Hall–Kier alpha value is -1.27. The minimum absolute atomic E-state index is 0.236. The van der Waals surface area contributed by atoms with Crippen LogP contribution in [0.5, 0.6) is 0 Å². The average Bonchev–Trinajstić information content (AvgIpc) is 2.26. The minimum Gasteiger partial charge on any atom is -0.469 e. The van der Waals surface area contributed by atoms with Crippen molar-refractivity contribution in [2.45, 2.75) is 6.42 Å². The summed E-state index contributed by atoms with van der Waals surface area (Å²) in [6.07, 6.45) is 0.292. The van der Waals surface area contributed by atoms with E-state index in [4.69, 9.17) is 0 Å². The smallest absolute Gasteiger partial charge is 0.309 e. The van der Waals surface area contributed by atoms with E-state index in [2.05, 4.69) is 32.5 Å². The number of carbonyl (C=O) groups is 1. The van der Waals surface area contributed by atoms with Crippen molar-refractivity contribution in [3.05, 3.63) is 35.4 Å². The number of halogens is 1. The van der Waals surface area contributed by atoms with Crippen molar-refractivity contribution in [2.24, 2.45) is 0 Å². The van der Waals surface area contributed by atoms with Gasteiger partial charge in [-0.1, -0.05) is 39.9 Å². The summed E-state index contributed by atoms with van der Waals surface area (Å²) in [5.74, 6) is 5.65. The van der Waals surface area contributed by atoms with Crippen molar-refractivity contribution in [1.29, 1.82) is 0 Å². The Kier molecular flexibility index (Phi) is 4.92. The van der Waals surface area contributed by atoms with E-state index >= 15 is 0 Å². The van der Waals surface area contributed by atoms with E-state index in [9.17, 15) is 4.79 Å². The van der Waals surface area contributed by atoms with Gasteiger partial charge in [0.15, 0.2) is 0 Å². The molecule has 0 aliphatic heterocycles. The van der Waals surface area contributed by atoms with Gasteiger partial charge in [-0.3, -0.25) is 4.79 Å². The van der Waals surface area contributed by atoms with Gasteiger partial charge in [-0.2, -0.15) is 0 Å². The largest absolute Gasteiger partial charge is 0.469 e. The van der Waals surface area contributed by atoms with Crippen LogP contribution in [-0.4, -0.2) is 18.4 Å². The van der Waals surface area contributed by atoms with Crippen LogP contribution in [0.25, 0.3) is 0 Å². The summed E-state index contributed by atoms with van der Waals surface area (Å²) < 4.78 is 4.59. The molecule has 1 aromatic carbocycles. The molecule has 3 heteroatoms. The molecule has 0 radical (unpaired) electrons. The highest BCUT2D eigenvalue weighted by molar-refractivity contribution is 9.09. The lowest BCUT2D eigenvalue weighted by atomic mass is 10.1. The third kappa shape index (κ3) is 4.18. The predicted octanol–water partition coefficient (Wildman–Crippen LogP) is 2.15. The first-order chi connectivity index (χ1) is 7.26. The summed E-state index contributed by atoms with van der Waals surface area (Å²) in [7, 11) is 1.39. The summed E-state index contributed by atoms with van der Waals surface area (Å²) in [6.45, 7) is 0. The van der Waals surface area contributed by atoms with Crippen LogP contribution >= 0.6 is 15.9 Å². The van der Waals surface area contributed by atoms with Crippen LogP contribution < -0.4 is 0 Å². The van der Waals surface area contributed by atoms with Crippen molar-refractivity contribution >= 4 is 21.9 Å². The van der Waals surface area contributed by atoms with Crippen LogP contribution in [0.1, 0.15) is 11.1 Å². The second-order valence-electron chi connectivity index (χ2n) is 2.89. The molecule has 0 aliphatic rings. The third-order valence-corrected chi connectivity index (χ3v) is 2.08. The van der Waals surface area contributed by atoms with E-state index in [1.807, 2.05) is 24.3 Å². The van der Waals surface area contributed by atoms with Crippen LogP contribution in [0.3, 0.4) is 0 Å². The molecule has 0 N–H and O–H groups in total. The molecule has 1 aromatic rings. The van der Waals surface area contributed by atoms with Gasteiger partial charge in [0.05, 0.1) is 18.9 Å². The number of carbonyl (C=O) groups excluding carboxylic acids is 1. The molecule has 15 heavy (non-hydrogen) atoms. The van der Waals surface area contributed by atoms with Gasteiger partial charge in [0.2, 0.25) is 0 Å². The number of hydrogen-bond acceptors (Lipinski definition) is 2. The molecule has 1 rings (SSSR count). The molecule has 2 nitrogen and oxygen atoms in total. The van der Waals surface area contributed by atoms with Gasteiger partial charge in [-0.15, -0.1) is 0 Å². The monoisotopic (exact) mass is 266 g/mol. The van der Waals surface area contributed by atoms with Crippen molar-refractivity contribution in [1.82, 2.24) is 0 Å². The zero-order chi connectivity index (χ0) is 11.1. The fraction of sp³-hybridized carbons (Fsp3) is 0.250. The predicted molar refractivity (Wildman–Crippen MR) is 62.8 cm³/mol. The van der Waals surface area contributed by atoms with Crippen LogP contribution in [0, 0.1) is 11.8 Å². The van der Waals surface area contributed by atoms with Crippen molar-refractivity contribution in [2.75, 3.05) is 12.4 Å². The number of esters is 1. The number of alkyl halides is 1. The molecule has 0 amide bonds. The topological polar surface area (TPSA) is 26.3 Å². The first-order valence-corrected chi connectivity index (χ1v) is 5.59. The summed E-state index contributed by atoms with van der Waals surface area (Å²) in [5.41, 5.74) is 1.83. The van der Waals surface area contributed by atoms with E-state index in [0.717, 1.165) is 11.1 Å². The summed E-state index contributed by atoms with van der Waals surface area (Å²) in [4.78, 5) is 11.0. The fourth-order valence-electron chi connectivity index (χ4n) is 1.13.